The molecule has 1 aliphatic rings. The van der Waals surface area contributed by atoms with E-state index in [1.54, 1.807) is 22.8 Å². The van der Waals surface area contributed by atoms with Gasteiger partial charge in [-0.15, -0.1) is 0 Å². The van der Waals surface area contributed by atoms with E-state index < -0.39 is 11.9 Å². The lowest BCUT2D eigenvalue weighted by molar-refractivity contribution is -0.137. The van der Waals surface area contributed by atoms with Crippen molar-refractivity contribution < 1.29 is 23.5 Å². The standard InChI is InChI=1S/C29H26F2N2O3/c30-20-8-6-18(7-9-20)14-23(19-4-2-1-3-5-19)29(36)32-22-11-13-27-25(16-22)24-15-21(31)10-12-26(24)33(27)17-28(34)35/h1-10,12,15,22-23H,11,13-14,16-17H2,(H,32,36)(H,34,35). The van der Waals surface area contributed by atoms with Gasteiger partial charge in [0.15, 0.2) is 0 Å². The number of carboxylic acids is 1. The monoisotopic (exact) mass is 488 g/mol. The average molecular weight is 489 g/mol. The smallest absolute Gasteiger partial charge is 0.323 e. The first kappa shape index (κ1) is 23.7. The Hall–Kier alpha value is -4.00. The molecule has 7 heteroatoms. The van der Waals surface area contributed by atoms with Gasteiger partial charge in [0, 0.05) is 22.6 Å². The quantitative estimate of drug-likeness (QED) is 0.385. The minimum atomic E-state index is -0.957. The zero-order valence-corrected chi connectivity index (χ0v) is 19.6. The van der Waals surface area contributed by atoms with Crippen molar-refractivity contribution in [3.63, 3.8) is 0 Å². The molecule has 0 spiro atoms. The van der Waals surface area contributed by atoms with Crippen LogP contribution in [0.25, 0.3) is 10.9 Å². The maximum atomic E-state index is 14.1. The SMILES string of the molecule is O=C(O)Cn1c2c(c3cc(F)ccc31)CC(NC(=O)C(Cc1ccc(F)cc1)c1ccccc1)CC2. The molecule has 1 aliphatic carbocycles. The van der Waals surface area contributed by atoms with Crippen LogP contribution in [0.5, 0.6) is 0 Å². The Balaban J connectivity index is 1.41. The van der Waals surface area contributed by atoms with E-state index >= 15 is 0 Å². The second-order valence-corrected chi connectivity index (χ2v) is 9.31. The van der Waals surface area contributed by atoms with Crippen molar-refractivity contribution in [1.82, 2.24) is 9.88 Å². The summed E-state index contributed by atoms with van der Waals surface area (Å²) in [6.45, 7) is -0.192. The van der Waals surface area contributed by atoms with Crippen LogP contribution >= 0.6 is 0 Å². The van der Waals surface area contributed by atoms with E-state index in [0.29, 0.717) is 36.6 Å². The molecule has 5 nitrogen and oxygen atoms in total. The Morgan fingerprint density at radius 2 is 1.72 bits per heavy atom. The van der Waals surface area contributed by atoms with Gasteiger partial charge in [0.05, 0.1) is 5.92 Å². The Kier molecular flexibility index (Phi) is 6.55. The van der Waals surface area contributed by atoms with Crippen LogP contribution in [0.4, 0.5) is 8.78 Å². The number of nitrogens with one attached hydrogen (secondary N) is 1. The summed E-state index contributed by atoms with van der Waals surface area (Å²) in [5.74, 6) is -2.24. The summed E-state index contributed by atoms with van der Waals surface area (Å²) in [7, 11) is 0. The van der Waals surface area contributed by atoms with Crippen molar-refractivity contribution in [1.29, 1.82) is 0 Å². The molecule has 4 aromatic rings. The molecule has 1 heterocycles. The van der Waals surface area contributed by atoms with Crippen molar-refractivity contribution in [2.45, 2.75) is 44.2 Å². The van der Waals surface area contributed by atoms with E-state index in [1.807, 2.05) is 30.3 Å². The van der Waals surface area contributed by atoms with Crippen molar-refractivity contribution in [2.24, 2.45) is 0 Å². The van der Waals surface area contributed by atoms with Crippen LogP contribution in [0.1, 0.15) is 34.7 Å². The van der Waals surface area contributed by atoms with Gasteiger partial charge in [0.2, 0.25) is 5.91 Å². The summed E-state index contributed by atoms with van der Waals surface area (Å²) in [6, 6.07) is 19.9. The normalized spacial score (nSPS) is 15.9. The van der Waals surface area contributed by atoms with Crippen LogP contribution in [0.3, 0.4) is 0 Å². The van der Waals surface area contributed by atoms with Crippen LogP contribution in [0, 0.1) is 11.6 Å². The molecule has 0 saturated heterocycles. The van der Waals surface area contributed by atoms with Crippen molar-refractivity contribution in [3.8, 4) is 0 Å². The summed E-state index contributed by atoms with van der Waals surface area (Å²) in [5.41, 5.74) is 4.19. The van der Waals surface area contributed by atoms with E-state index in [4.69, 9.17) is 0 Å². The number of aromatic nitrogens is 1. The Labute approximate surface area is 207 Å². The van der Waals surface area contributed by atoms with E-state index in [1.165, 1.54) is 24.3 Å². The molecule has 36 heavy (non-hydrogen) atoms. The molecular formula is C29H26F2N2O3. The maximum Gasteiger partial charge on any atom is 0.323 e. The Morgan fingerprint density at radius 3 is 2.44 bits per heavy atom. The molecular weight excluding hydrogens is 462 g/mol. The Morgan fingerprint density at radius 1 is 1.00 bits per heavy atom. The number of nitrogens with zero attached hydrogens (tertiary/aromatic N) is 1. The zero-order valence-electron chi connectivity index (χ0n) is 19.6. The maximum absolute atomic E-state index is 14.1. The predicted octanol–water partition coefficient (Wildman–Crippen LogP) is 5.00. The first-order valence-electron chi connectivity index (χ1n) is 12.0. The number of rotatable bonds is 7. The van der Waals surface area contributed by atoms with Crippen LogP contribution in [0.15, 0.2) is 72.8 Å². The number of carbonyl (C=O) groups excluding carboxylic acids is 1. The van der Waals surface area contributed by atoms with Gasteiger partial charge in [0.25, 0.3) is 0 Å². The molecule has 1 aromatic heterocycles. The lowest BCUT2D eigenvalue weighted by Crippen LogP contribution is -2.42. The molecule has 0 radical (unpaired) electrons. The van der Waals surface area contributed by atoms with Gasteiger partial charge in [-0.2, -0.15) is 0 Å². The molecule has 2 unspecified atom stereocenters. The number of aliphatic carboxylic acids is 1. The number of carbonyl (C=O) groups is 2. The van der Waals surface area contributed by atoms with Crippen LogP contribution in [0.2, 0.25) is 0 Å². The van der Waals surface area contributed by atoms with Crippen LogP contribution < -0.4 is 5.32 Å². The molecule has 0 aliphatic heterocycles. The molecule has 2 atom stereocenters. The van der Waals surface area contributed by atoms with Gasteiger partial charge < -0.3 is 15.0 Å². The number of halogens is 2. The number of amides is 1. The van der Waals surface area contributed by atoms with E-state index in [2.05, 4.69) is 5.32 Å². The largest absolute Gasteiger partial charge is 0.480 e. The third kappa shape index (κ3) is 4.87. The summed E-state index contributed by atoms with van der Waals surface area (Å²) < 4.78 is 29.2. The third-order valence-corrected chi connectivity index (χ3v) is 6.94. The van der Waals surface area contributed by atoms with Gasteiger partial charge in [-0.05, 0) is 72.7 Å². The summed E-state index contributed by atoms with van der Waals surface area (Å²) >= 11 is 0. The second-order valence-electron chi connectivity index (χ2n) is 9.31. The first-order chi connectivity index (χ1) is 17.4. The van der Waals surface area contributed by atoms with Crippen LogP contribution in [-0.4, -0.2) is 27.6 Å². The topological polar surface area (TPSA) is 71.3 Å². The molecule has 2 N–H and O–H groups in total. The minimum Gasteiger partial charge on any atom is -0.480 e. The van der Waals surface area contributed by atoms with E-state index in [9.17, 15) is 23.5 Å². The number of hydrogen-bond acceptors (Lipinski definition) is 2. The molecule has 5 rings (SSSR count). The zero-order chi connectivity index (χ0) is 25.2. The lowest BCUT2D eigenvalue weighted by atomic mass is 9.88. The van der Waals surface area contributed by atoms with Crippen molar-refractivity contribution in [3.05, 3.63) is 107 Å². The predicted molar refractivity (Wildman–Crippen MR) is 133 cm³/mol. The number of carboxylic acid groups (broad SMARTS) is 1. The Bertz CT molecular complexity index is 1410. The highest BCUT2D eigenvalue weighted by Gasteiger charge is 2.29. The highest BCUT2D eigenvalue weighted by Crippen LogP contribution is 2.33. The van der Waals surface area contributed by atoms with E-state index in [-0.39, 0.29) is 30.1 Å². The third-order valence-electron chi connectivity index (χ3n) is 6.94. The minimum absolute atomic E-state index is 0.126. The summed E-state index contributed by atoms with van der Waals surface area (Å²) in [6.07, 6.45) is 2.15. The highest BCUT2D eigenvalue weighted by molar-refractivity contribution is 5.88. The molecule has 1 amide bonds. The van der Waals surface area contributed by atoms with Gasteiger partial charge in [-0.1, -0.05) is 42.5 Å². The fraction of sp³-hybridized carbons (Fsp3) is 0.241. The molecule has 0 fully saturated rings. The lowest BCUT2D eigenvalue weighted by Gasteiger charge is -2.27. The van der Waals surface area contributed by atoms with Crippen molar-refractivity contribution in [2.75, 3.05) is 0 Å². The van der Waals surface area contributed by atoms with Gasteiger partial charge in [-0.25, -0.2) is 8.78 Å². The van der Waals surface area contributed by atoms with Crippen LogP contribution in [-0.2, 0) is 35.4 Å². The summed E-state index contributed by atoms with van der Waals surface area (Å²) in [5, 5.41) is 13.3. The van der Waals surface area contributed by atoms with Crippen molar-refractivity contribution >= 4 is 22.8 Å². The fourth-order valence-electron chi connectivity index (χ4n) is 5.27. The molecule has 0 saturated carbocycles. The fourth-order valence-corrected chi connectivity index (χ4v) is 5.27. The molecule has 184 valence electrons. The second kappa shape index (κ2) is 9.93. The molecule has 3 aromatic carbocycles. The molecule has 0 bridgehead atoms. The van der Waals surface area contributed by atoms with Gasteiger partial charge in [0.1, 0.15) is 18.2 Å². The number of benzene rings is 3. The van der Waals surface area contributed by atoms with Gasteiger partial charge in [-0.3, -0.25) is 9.59 Å². The number of hydrogen-bond donors (Lipinski definition) is 2. The van der Waals surface area contributed by atoms with Gasteiger partial charge >= 0.3 is 5.97 Å². The highest BCUT2D eigenvalue weighted by atomic mass is 19.1. The first-order valence-corrected chi connectivity index (χ1v) is 12.0. The summed E-state index contributed by atoms with van der Waals surface area (Å²) in [4.78, 5) is 25.0. The number of fused-ring (bicyclic) bond motifs is 3. The van der Waals surface area contributed by atoms with E-state index in [0.717, 1.165) is 22.4 Å². The average Bonchev–Trinajstić information content (AvgIpc) is 3.15.